The minimum atomic E-state index is -0.229. The van der Waals surface area contributed by atoms with Gasteiger partial charge in [0, 0.05) is 18.2 Å². The molecule has 1 aliphatic rings. The van der Waals surface area contributed by atoms with Gasteiger partial charge in [0.05, 0.1) is 6.54 Å². The first-order valence-corrected chi connectivity index (χ1v) is 5.87. The number of rotatable bonds is 3. The quantitative estimate of drug-likeness (QED) is 0.804. The van der Waals surface area contributed by atoms with Gasteiger partial charge in [-0.25, -0.2) is 4.39 Å². The van der Waals surface area contributed by atoms with Crippen molar-refractivity contribution < 1.29 is 4.39 Å². The third-order valence-corrected chi connectivity index (χ3v) is 2.89. The molecule has 1 saturated carbocycles. The highest BCUT2D eigenvalue weighted by Gasteiger charge is 2.25. The van der Waals surface area contributed by atoms with Crippen molar-refractivity contribution >= 4 is 0 Å². The first-order valence-electron chi connectivity index (χ1n) is 5.87. The Morgan fingerprint density at radius 1 is 1.41 bits per heavy atom. The fourth-order valence-electron chi connectivity index (χ4n) is 1.90. The number of hydrogen-bond donors (Lipinski definition) is 1. The number of nitrogens with two attached hydrogens (primary N) is 1. The van der Waals surface area contributed by atoms with Crippen LogP contribution in [-0.2, 0) is 6.54 Å². The second-order valence-electron chi connectivity index (χ2n) is 4.50. The molecular formula is C14H17FN2. The van der Waals surface area contributed by atoms with Crippen molar-refractivity contribution in [1.29, 1.82) is 0 Å². The van der Waals surface area contributed by atoms with Gasteiger partial charge in [0.1, 0.15) is 5.82 Å². The van der Waals surface area contributed by atoms with Crippen LogP contribution in [0.1, 0.15) is 24.0 Å². The Morgan fingerprint density at radius 2 is 2.18 bits per heavy atom. The molecule has 0 atom stereocenters. The molecule has 0 saturated heterocycles. The van der Waals surface area contributed by atoms with Crippen molar-refractivity contribution in [1.82, 2.24) is 4.90 Å². The molecule has 17 heavy (non-hydrogen) atoms. The molecule has 0 heterocycles. The van der Waals surface area contributed by atoms with Crippen LogP contribution in [-0.4, -0.2) is 24.5 Å². The highest BCUT2D eigenvalue weighted by molar-refractivity contribution is 5.38. The molecule has 0 amide bonds. The van der Waals surface area contributed by atoms with E-state index in [1.807, 2.05) is 6.07 Å². The van der Waals surface area contributed by atoms with Crippen molar-refractivity contribution in [3.63, 3.8) is 0 Å². The Kier molecular flexibility index (Phi) is 3.78. The molecule has 3 heteroatoms. The van der Waals surface area contributed by atoms with E-state index >= 15 is 0 Å². The first kappa shape index (κ1) is 12.1. The molecule has 0 aliphatic heterocycles. The van der Waals surface area contributed by atoms with Crippen LogP contribution in [0.4, 0.5) is 4.39 Å². The summed E-state index contributed by atoms with van der Waals surface area (Å²) in [7, 11) is 2.08. The van der Waals surface area contributed by atoms with Crippen LogP contribution >= 0.6 is 0 Å². The molecule has 2 rings (SSSR count). The molecule has 90 valence electrons. The number of nitrogens with zero attached hydrogens (tertiary/aromatic N) is 1. The minimum Gasteiger partial charge on any atom is -0.320 e. The molecule has 1 aliphatic carbocycles. The predicted molar refractivity (Wildman–Crippen MR) is 66.8 cm³/mol. The second-order valence-corrected chi connectivity index (χ2v) is 4.50. The number of benzene rings is 1. The maximum absolute atomic E-state index is 13.4. The fraction of sp³-hybridized carbons (Fsp3) is 0.429. The lowest BCUT2D eigenvalue weighted by Crippen LogP contribution is -2.20. The summed E-state index contributed by atoms with van der Waals surface area (Å²) in [4.78, 5) is 2.26. The largest absolute Gasteiger partial charge is 0.320 e. The van der Waals surface area contributed by atoms with Gasteiger partial charge in [-0.1, -0.05) is 11.8 Å². The van der Waals surface area contributed by atoms with Gasteiger partial charge >= 0.3 is 0 Å². The molecule has 0 radical (unpaired) electrons. The Bertz CT molecular complexity index is 455. The summed E-state index contributed by atoms with van der Waals surface area (Å²) in [6.07, 6.45) is 2.51. The monoisotopic (exact) mass is 232 g/mol. The summed E-state index contributed by atoms with van der Waals surface area (Å²) in [5, 5.41) is 0. The predicted octanol–water partition coefficient (Wildman–Crippen LogP) is 1.73. The summed E-state index contributed by atoms with van der Waals surface area (Å²) >= 11 is 0. The lowest BCUT2D eigenvalue weighted by Gasteiger charge is -2.15. The van der Waals surface area contributed by atoms with Gasteiger partial charge in [-0.15, -0.1) is 0 Å². The van der Waals surface area contributed by atoms with Crippen LogP contribution in [0.2, 0.25) is 0 Å². The van der Waals surface area contributed by atoms with E-state index in [0.717, 1.165) is 12.1 Å². The summed E-state index contributed by atoms with van der Waals surface area (Å²) in [5.41, 5.74) is 6.98. The average Bonchev–Trinajstić information content (AvgIpc) is 3.09. The average molecular weight is 232 g/mol. The van der Waals surface area contributed by atoms with E-state index in [0.29, 0.717) is 18.2 Å². The van der Waals surface area contributed by atoms with Gasteiger partial charge < -0.3 is 5.73 Å². The molecule has 0 bridgehead atoms. The first-order chi connectivity index (χ1) is 8.19. The van der Waals surface area contributed by atoms with Gasteiger partial charge in [-0.2, -0.15) is 0 Å². The Labute approximate surface area is 102 Å². The molecule has 0 aromatic heterocycles. The zero-order chi connectivity index (χ0) is 12.3. The topological polar surface area (TPSA) is 29.3 Å². The standard InChI is InChI=1S/C14H17FN2/c1-17(14-4-5-14)10-12-7-11(3-2-6-16)8-13(15)9-12/h7-9,14H,4-6,10,16H2,1H3. The zero-order valence-corrected chi connectivity index (χ0v) is 10.0. The third-order valence-electron chi connectivity index (χ3n) is 2.89. The molecular weight excluding hydrogens is 215 g/mol. The molecule has 0 spiro atoms. The van der Waals surface area contributed by atoms with Crippen molar-refractivity contribution in [2.24, 2.45) is 5.73 Å². The third kappa shape index (κ3) is 3.55. The van der Waals surface area contributed by atoms with Crippen molar-refractivity contribution in [2.45, 2.75) is 25.4 Å². The highest BCUT2D eigenvalue weighted by Crippen LogP contribution is 2.26. The van der Waals surface area contributed by atoms with E-state index in [1.165, 1.54) is 18.9 Å². The second kappa shape index (κ2) is 5.31. The maximum atomic E-state index is 13.4. The molecule has 2 nitrogen and oxygen atoms in total. The number of hydrogen-bond acceptors (Lipinski definition) is 2. The van der Waals surface area contributed by atoms with Crippen LogP contribution in [0.3, 0.4) is 0 Å². The molecule has 2 N–H and O–H groups in total. The minimum absolute atomic E-state index is 0.229. The van der Waals surface area contributed by atoms with Crippen LogP contribution in [0, 0.1) is 17.7 Å². The summed E-state index contributed by atoms with van der Waals surface area (Å²) in [5.74, 6) is 5.39. The van der Waals surface area contributed by atoms with E-state index < -0.39 is 0 Å². The van der Waals surface area contributed by atoms with Gasteiger partial charge in [0.15, 0.2) is 0 Å². The van der Waals surface area contributed by atoms with Crippen molar-refractivity contribution in [3.05, 3.63) is 35.1 Å². The van der Waals surface area contributed by atoms with Crippen molar-refractivity contribution in [2.75, 3.05) is 13.6 Å². The SMILES string of the molecule is CN(Cc1cc(F)cc(C#CCN)c1)C1CC1. The lowest BCUT2D eigenvalue weighted by atomic mass is 10.1. The Hall–Kier alpha value is -1.37. The van der Waals surface area contributed by atoms with Gasteiger partial charge in [-0.3, -0.25) is 4.90 Å². The normalized spacial score (nSPS) is 14.6. The maximum Gasteiger partial charge on any atom is 0.124 e. The van der Waals surface area contributed by atoms with E-state index in [4.69, 9.17) is 5.73 Å². The Balaban J connectivity index is 2.12. The van der Waals surface area contributed by atoms with Gasteiger partial charge in [0.25, 0.3) is 0 Å². The van der Waals surface area contributed by atoms with Crippen molar-refractivity contribution in [3.8, 4) is 11.8 Å². The fourth-order valence-corrected chi connectivity index (χ4v) is 1.90. The smallest absolute Gasteiger partial charge is 0.124 e. The van der Waals surface area contributed by atoms with Crippen LogP contribution in [0.15, 0.2) is 18.2 Å². The van der Waals surface area contributed by atoms with Crippen LogP contribution in [0.25, 0.3) is 0 Å². The van der Waals surface area contributed by atoms with E-state index in [9.17, 15) is 4.39 Å². The van der Waals surface area contributed by atoms with Crippen LogP contribution in [0.5, 0.6) is 0 Å². The summed E-state index contributed by atoms with van der Waals surface area (Å²) < 4.78 is 13.4. The van der Waals surface area contributed by atoms with E-state index in [1.54, 1.807) is 6.07 Å². The molecule has 1 fully saturated rings. The summed E-state index contributed by atoms with van der Waals surface area (Å²) in [6, 6.07) is 5.64. The molecule has 0 unspecified atom stereocenters. The zero-order valence-electron chi connectivity index (χ0n) is 10.0. The van der Waals surface area contributed by atoms with Crippen LogP contribution < -0.4 is 5.73 Å². The molecule has 1 aromatic carbocycles. The van der Waals surface area contributed by atoms with Gasteiger partial charge in [-0.05, 0) is 43.7 Å². The lowest BCUT2D eigenvalue weighted by molar-refractivity contribution is 0.316. The van der Waals surface area contributed by atoms with E-state index in [2.05, 4.69) is 23.8 Å². The Morgan fingerprint density at radius 3 is 2.82 bits per heavy atom. The van der Waals surface area contributed by atoms with Gasteiger partial charge in [0.2, 0.25) is 0 Å². The summed E-state index contributed by atoms with van der Waals surface area (Å²) in [6.45, 7) is 1.08. The number of halogens is 1. The highest BCUT2D eigenvalue weighted by atomic mass is 19.1. The van der Waals surface area contributed by atoms with E-state index in [-0.39, 0.29) is 5.82 Å². The molecule has 1 aromatic rings.